The molecule has 22 heavy (non-hydrogen) atoms. The van der Waals surface area contributed by atoms with E-state index >= 15 is 0 Å². The lowest BCUT2D eigenvalue weighted by Gasteiger charge is -2.29. The fraction of sp³-hybridized carbons (Fsp3) is 0.250. The highest BCUT2D eigenvalue weighted by Crippen LogP contribution is 2.27. The van der Waals surface area contributed by atoms with Crippen molar-refractivity contribution in [1.82, 2.24) is 15.3 Å². The maximum Gasteiger partial charge on any atom is 0.315 e. The van der Waals surface area contributed by atoms with Crippen molar-refractivity contribution in [1.29, 1.82) is 0 Å². The second-order valence-electron chi connectivity index (χ2n) is 4.92. The van der Waals surface area contributed by atoms with Gasteiger partial charge in [-0.15, -0.1) is 0 Å². The number of nitrogens with zero attached hydrogens (tertiary/aromatic N) is 2. The molecule has 1 amide bonds. The van der Waals surface area contributed by atoms with Crippen molar-refractivity contribution in [2.24, 2.45) is 0 Å². The molecule has 0 saturated heterocycles. The normalized spacial score (nSPS) is 13.1. The van der Waals surface area contributed by atoms with Crippen LogP contribution in [0.2, 0.25) is 0 Å². The number of hydrogen-bond donors (Lipinski definition) is 2. The first-order valence-electron chi connectivity index (χ1n) is 6.92. The van der Waals surface area contributed by atoms with Crippen LogP contribution in [0, 0.1) is 0 Å². The minimum absolute atomic E-state index is 0.00340. The van der Waals surface area contributed by atoms with Crippen molar-refractivity contribution in [3.05, 3.63) is 60.2 Å². The zero-order valence-electron chi connectivity index (χ0n) is 12.2. The Hall–Kier alpha value is -2.76. The van der Waals surface area contributed by atoms with Gasteiger partial charge in [0, 0.05) is 18.9 Å². The summed E-state index contributed by atoms with van der Waals surface area (Å²) in [5.41, 5.74) is -0.201. The summed E-state index contributed by atoms with van der Waals surface area (Å²) in [7, 11) is 0. The third kappa shape index (κ3) is 3.11. The molecule has 0 unspecified atom stereocenters. The first-order chi connectivity index (χ1) is 10.6. The Balaban J connectivity index is 2.22. The Labute approximate surface area is 128 Å². The number of benzene rings is 1. The molecule has 0 aliphatic heterocycles. The number of carboxylic acid groups (broad SMARTS) is 1. The van der Waals surface area contributed by atoms with Crippen LogP contribution in [0.3, 0.4) is 0 Å². The van der Waals surface area contributed by atoms with Crippen LogP contribution in [-0.2, 0) is 10.2 Å². The number of aromatic nitrogens is 2. The number of aliphatic carboxylic acids is 1. The van der Waals surface area contributed by atoms with E-state index in [4.69, 9.17) is 0 Å². The van der Waals surface area contributed by atoms with Crippen LogP contribution >= 0.6 is 0 Å². The third-order valence-electron chi connectivity index (χ3n) is 3.71. The number of amides is 1. The summed E-state index contributed by atoms with van der Waals surface area (Å²) in [6.07, 6.45) is 4.46. The van der Waals surface area contributed by atoms with E-state index in [-0.39, 0.29) is 6.54 Å². The largest absolute Gasteiger partial charge is 0.481 e. The van der Waals surface area contributed by atoms with Gasteiger partial charge in [-0.1, -0.05) is 37.3 Å². The van der Waals surface area contributed by atoms with Gasteiger partial charge in [0.25, 0.3) is 5.91 Å². The van der Waals surface area contributed by atoms with Crippen LogP contribution in [0.5, 0.6) is 0 Å². The topological polar surface area (TPSA) is 92.2 Å². The maximum atomic E-state index is 12.1. The molecule has 1 heterocycles. The van der Waals surface area contributed by atoms with E-state index in [0.717, 1.165) is 0 Å². The number of carbonyl (C=O) groups excluding carboxylic acids is 1. The molecule has 1 aromatic heterocycles. The smallest absolute Gasteiger partial charge is 0.315 e. The highest BCUT2D eigenvalue weighted by Gasteiger charge is 2.39. The zero-order valence-corrected chi connectivity index (χ0v) is 12.2. The van der Waals surface area contributed by atoms with Gasteiger partial charge >= 0.3 is 5.97 Å². The molecule has 0 fully saturated rings. The van der Waals surface area contributed by atoms with Crippen LogP contribution in [-0.4, -0.2) is 33.5 Å². The fourth-order valence-electron chi connectivity index (χ4n) is 2.29. The quantitative estimate of drug-likeness (QED) is 0.846. The van der Waals surface area contributed by atoms with E-state index in [1.807, 2.05) is 6.07 Å². The molecule has 0 aliphatic carbocycles. The molecule has 0 aliphatic rings. The van der Waals surface area contributed by atoms with Gasteiger partial charge in [-0.25, -0.2) is 9.97 Å². The summed E-state index contributed by atoms with van der Waals surface area (Å²) >= 11 is 0. The molecule has 114 valence electrons. The SMILES string of the molecule is CC[C@@](CNC(=O)c1cncnc1)(C(=O)O)c1ccccc1. The highest BCUT2D eigenvalue weighted by atomic mass is 16.4. The van der Waals surface area contributed by atoms with Gasteiger partial charge in [-0.05, 0) is 12.0 Å². The molecular formula is C16H17N3O3. The van der Waals surface area contributed by atoms with Crippen molar-refractivity contribution in [3.8, 4) is 0 Å². The third-order valence-corrected chi connectivity index (χ3v) is 3.71. The molecule has 0 radical (unpaired) electrons. The van der Waals surface area contributed by atoms with Crippen LogP contribution in [0.4, 0.5) is 0 Å². The average molecular weight is 299 g/mol. The maximum absolute atomic E-state index is 12.1. The summed E-state index contributed by atoms with van der Waals surface area (Å²) in [5.74, 6) is -1.36. The number of carboxylic acids is 1. The molecule has 1 atom stereocenters. The van der Waals surface area contributed by atoms with Crippen molar-refractivity contribution in [2.45, 2.75) is 18.8 Å². The van der Waals surface area contributed by atoms with E-state index in [2.05, 4.69) is 15.3 Å². The molecule has 0 spiro atoms. The lowest BCUT2D eigenvalue weighted by Crippen LogP contribution is -2.46. The molecule has 0 saturated carbocycles. The van der Waals surface area contributed by atoms with Gasteiger partial charge in [-0.2, -0.15) is 0 Å². The lowest BCUT2D eigenvalue weighted by molar-refractivity contribution is -0.143. The minimum Gasteiger partial charge on any atom is -0.481 e. The van der Waals surface area contributed by atoms with Crippen molar-refractivity contribution in [2.75, 3.05) is 6.54 Å². The molecule has 1 aromatic carbocycles. The van der Waals surface area contributed by atoms with Crippen molar-refractivity contribution >= 4 is 11.9 Å². The monoisotopic (exact) mass is 299 g/mol. The molecule has 2 rings (SSSR count). The second kappa shape index (κ2) is 6.80. The first kappa shape index (κ1) is 15.6. The fourth-order valence-corrected chi connectivity index (χ4v) is 2.29. The molecule has 6 nitrogen and oxygen atoms in total. The van der Waals surface area contributed by atoms with Gasteiger partial charge in [0.2, 0.25) is 0 Å². The average Bonchev–Trinajstić information content (AvgIpc) is 2.57. The van der Waals surface area contributed by atoms with Crippen molar-refractivity contribution < 1.29 is 14.7 Å². The van der Waals surface area contributed by atoms with Gasteiger partial charge < -0.3 is 10.4 Å². The Morgan fingerprint density at radius 3 is 2.36 bits per heavy atom. The first-order valence-corrected chi connectivity index (χ1v) is 6.92. The van der Waals surface area contributed by atoms with Crippen LogP contribution in [0.1, 0.15) is 29.3 Å². The predicted molar refractivity (Wildman–Crippen MR) is 80.4 cm³/mol. The van der Waals surface area contributed by atoms with E-state index in [9.17, 15) is 14.7 Å². The van der Waals surface area contributed by atoms with Crippen LogP contribution < -0.4 is 5.32 Å². The van der Waals surface area contributed by atoms with Gasteiger partial charge in [-0.3, -0.25) is 9.59 Å². The number of rotatable bonds is 6. The molecular weight excluding hydrogens is 282 g/mol. The van der Waals surface area contributed by atoms with E-state index in [1.54, 1.807) is 31.2 Å². The Bertz CT molecular complexity index is 646. The number of carbonyl (C=O) groups is 2. The lowest BCUT2D eigenvalue weighted by atomic mass is 9.78. The van der Waals surface area contributed by atoms with Gasteiger partial charge in [0.15, 0.2) is 0 Å². The Morgan fingerprint density at radius 2 is 1.82 bits per heavy atom. The number of nitrogens with one attached hydrogen (secondary N) is 1. The Kier molecular flexibility index (Phi) is 4.83. The van der Waals surface area contributed by atoms with Crippen LogP contribution in [0.15, 0.2) is 49.1 Å². The summed E-state index contributed by atoms with van der Waals surface area (Å²) < 4.78 is 0. The standard InChI is InChI=1S/C16H17N3O3/c1-2-16(15(21)22,13-6-4-3-5-7-13)10-19-14(20)12-8-17-11-18-9-12/h3-9,11H,2,10H2,1H3,(H,19,20)(H,21,22)/t16-/m0/s1. The molecule has 0 bridgehead atoms. The van der Waals surface area contributed by atoms with Gasteiger partial charge in [0.1, 0.15) is 11.7 Å². The van der Waals surface area contributed by atoms with E-state index < -0.39 is 17.3 Å². The minimum atomic E-state index is -1.16. The summed E-state index contributed by atoms with van der Waals surface area (Å²) in [6, 6.07) is 8.92. The Morgan fingerprint density at radius 1 is 1.18 bits per heavy atom. The predicted octanol–water partition coefficient (Wildman–Crippen LogP) is 1.64. The molecule has 2 aromatic rings. The van der Waals surface area contributed by atoms with Gasteiger partial charge in [0.05, 0.1) is 5.56 Å². The van der Waals surface area contributed by atoms with Crippen molar-refractivity contribution in [3.63, 3.8) is 0 Å². The summed E-state index contributed by atoms with van der Waals surface area (Å²) in [5, 5.41) is 12.4. The second-order valence-corrected chi connectivity index (χ2v) is 4.92. The highest BCUT2D eigenvalue weighted by molar-refractivity contribution is 5.94. The van der Waals surface area contributed by atoms with E-state index in [0.29, 0.717) is 17.5 Å². The molecule has 2 N–H and O–H groups in total. The van der Waals surface area contributed by atoms with Crippen LogP contribution in [0.25, 0.3) is 0 Å². The number of hydrogen-bond acceptors (Lipinski definition) is 4. The summed E-state index contributed by atoms with van der Waals surface area (Å²) in [4.78, 5) is 31.5. The molecule has 6 heteroatoms. The zero-order chi connectivity index (χ0) is 16.0. The van der Waals surface area contributed by atoms with E-state index in [1.165, 1.54) is 18.7 Å². The summed E-state index contributed by atoms with van der Waals surface area (Å²) in [6.45, 7) is 1.79.